The molecule has 32 heavy (non-hydrogen) atoms. The summed E-state index contributed by atoms with van der Waals surface area (Å²) in [5, 5.41) is 3.22. The second-order valence-corrected chi connectivity index (χ2v) is 8.52. The lowest BCUT2D eigenvalue weighted by molar-refractivity contribution is -0.122. The van der Waals surface area contributed by atoms with E-state index in [1.165, 1.54) is 6.07 Å². The molecule has 0 fully saturated rings. The van der Waals surface area contributed by atoms with Gasteiger partial charge in [0.25, 0.3) is 5.91 Å². The maximum absolute atomic E-state index is 12.3. The average Bonchev–Trinajstić information content (AvgIpc) is 2.75. The predicted molar refractivity (Wildman–Crippen MR) is 120 cm³/mol. The van der Waals surface area contributed by atoms with Crippen molar-refractivity contribution in [1.82, 2.24) is 5.32 Å². The molecular weight excluding hydrogens is 410 g/mol. The van der Waals surface area contributed by atoms with Crippen LogP contribution in [-0.2, 0) is 11.2 Å². The molecule has 166 valence electrons. The number of ether oxygens (including phenoxy) is 2. The number of benzene rings is 2. The topological polar surface area (TPSA) is 94.8 Å². The molecule has 1 N–H and O–H groups in total. The molecule has 0 saturated carbocycles. The van der Waals surface area contributed by atoms with Gasteiger partial charge >= 0.3 is 5.63 Å². The molecule has 2 aromatic carbocycles. The Bertz CT molecular complexity index is 1240. The molecule has 0 unspecified atom stereocenters. The lowest BCUT2D eigenvalue weighted by Gasteiger charge is -2.33. The van der Waals surface area contributed by atoms with Crippen molar-refractivity contribution in [1.29, 1.82) is 0 Å². The van der Waals surface area contributed by atoms with Crippen LogP contribution < -0.4 is 20.4 Å². The summed E-state index contributed by atoms with van der Waals surface area (Å²) < 4.78 is 17.4. The minimum absolute atomic E-state index is 0.123. The zero-order valence-electron chi connectivity index (χ0n) is 18.3. The number of ketones is 1. The number of nitrogens with one attached hydrogen (secondary N) is 1. The van der Waals surface area contributed by atoms with E-state index in [0.29, 0.717) is 40.0 Å². The quantitative estimate of drug-likeness (QED) is 0.470. The van der Waals surface area contributed by atoms with Crippen LogP contribution >= 0.6 is 0 Å². The minimum atomic E-state index is -0.448. The summed E-state index contributed by atoms with van der Waals surface area (Å²) in [5.41, 5.74) is 1.66. The van der Waals surface area contributed by atoms with Crippen LogP contribution in [0.2, 0.25) is 0 Å². The largest absolute Gasteiger partial charge is 0.487 e. The zero-order valence-corrected chi connectivity index (χ0v) is 18.3. The van der Waals surface area contributed by atoms with Crippen LogP contribution in [-0.4, -0.2) is 30.4 Å². The number of hydrogen-bond donors (Lipinski definition) is 1. The third kappa shape index (κ3) is 4.51. The maximum atomic E-state index is 12.3. The molecule has 1 aromatic heterocycles. The van der Waals surface area contributed by atoms with Crippen LogP contribution in [0.15, 0.2) is 51.7 Å². The molecule has 7 nitrogen and oxygen atoms in total. The van der Waals surface area contributed by atoms with Gasteiger partial charge in [0.1, 0.15) is 22.7 Å². The van der Waals surface area contributed by atoms with Crippen molar-refractivity contribution in [3.63, 3.8) is 0 Å². The second kappa shape index (κ2) is 8.49. The first kappa shape index (κ1) is 21.6. The summed E-state index contributed by atoms with van der Waals surface area (Å²) in [5.74, 6) is 0.349. The number of carbonyl (C=O) groups excluding carboxylic acids is 2. The Hall–Kier alpha value is -3.61. The number of hydrogen-bond acceptors (Lipinski definition) is 6. The van der Waals surface area contributed by atoms with Gasteiger partial charge in [0.2, 0.25) is 0 Å². The Morgan fingerprint density at radius 2 is 1.91 bits per heavy atom. The van der Waals surface area contributed by atoms with E-state index in [0.717, 1.165) is 12.0 Å². The van der Waals surface area contributed by atoms with Crippen molar-refractivity contribution in [3.8, 4) is 11.5 Å². The first-order valence-electron chi connectivity index (χ1n) is 10.5. The number of fused-ring (bicyclic) bond motifs is 3. The summed E-state index contributed by atoms with van der Waals surface area (Å²) in [6.45, 7) is 5.36. The van der Waals surface area contributed by atoms with E-state index in [-0.39, 0.29) is 24.5 Å². The second-order valence-electron chi connectivity index (χ2n) is 8.52. The molecule has 1 aliphatic rings. The van der Waals surface area contributed by atoms with E-state index >= 15 is 0 Å². The summed E-state index contributed by atoms with van der Waals surface area (Å²) >= 11 is 0. The number of rotatable bonds is 6. The van der Waals surface area contributed by atoms with E-state index in [9.17, 15) is 14.4 Å². The van der Waals surface area contributed by atoms with Gasteiger partial charge in [0, 0.05) is 23.3 Å². The van der Waals surface area contributed by atoms with Crippen LogP contribution in [0, 0.1) is 6.92 Å². The van der Waals surface area contributed by atoms with Crippen LogP contribution in [0.25, 0.3) is 11.0 Å². The fourth-order valence-electron chi connectivity index (χ4n) is 3.83. The third-order valence-electron chi connectivity index (χ3n) is 5.50. The normalized spacial score (nSPS) is 14.3. The number of carbonyl (C=O) groups is 2. The van der Waals surface area contributed by atoms with Crippen molar-refractivity contribution in [2.45, 2.75) is 39.2 Å². The zero-order chi connectivity index (χ0) is 22.9. The molecule has 4 rings (SSSR count). The molecule has 1 aliphatic heterocycles. The van der Waals surface area contributed by atoms with E-state index in [4.69, 9.17) is 13.9 Å². The standard InChI is InChI=1S/C25H25NO6/c1-15-11-22(29)31-24-17-9-10-25(2,3)32-19(17)12-20(23(15)24)30-14-21(28)26-13-18(27)16-7-5-4-6-8-16/h4-8,11-12H,9-10,13-14H2,1-3H3,(H,26,28). The van der Waals surface area contributed by atoms with Crippen molar-refractivity contribution in [2.24, 2.45) is 0 Å². The van der Waals surface area contributed by atoms with Crippen LogP contribution in [0.4, 0.5) is 0 Å². The summed E-state index contributed by atoms with van der Waals surface area (Å²) in [6, 6.07) is 11.9. The van der Waals surface area contributed by atoms with Gasteiger partial charge < -0.3 is 19.2 Å². The molecular formula is C25H25NO6. The van der Waals surface area contributed by atoms with Gasteiger partial charge in [-0.15, -0.1) is 0 Å². The number of amides is 1. The monoisotopic (exact) mass is 435 g/mol. The summed E-state index contributed by atoms with van der Waals surface area (Å²) in [6.07, 6.45) is 1.48. The fraction of sp³-hybridized carbons (Fsp3) is 0.320. The van der Waals surface area contributed by atoms with Crippen molar-refractivity contribution in [2.75, 3.05) is 13.2 Å². The molecule has 0 saturated heterocycles. The molecule has 2 heterocycles. The van der Waals surface area contributed by atoms with Gasteiger partial charge in [-0.1, -0.05) is 30.3 Å². The molecule has 0 aliphatic carbocycles. The number of aryl methyl sites for hydroxylation is 2. The Kier molecular flexibility index (Phi) is 5.74. The maximum Gasteiger partial charge on any atom is 0.336 e. The van der Waals surface area contributed by atoms with Crippen molar-refractivity contribution in [3.05, 3.63) is 69.6 Å². The van der Waals surface area contributed by atoms with Gasteiger partial charge in [-0.25, -0.2) is 4.79 Å². The first-order chi connectivity index (χ1) is 15.2. The molecule has 0 bridgehead atoms. The highest BCUT2D eigenvalue weighted by Crippen LogP contribution is 2.42. The van der Waals surface area contributed by atoms with Gasteiger partial charge in [-0.2, -0.15) is 0 Å². The summed E-state index contributed by atoms with van der Waals surface area (Å²) in [7, 11) is 0. The van der Waals surface area contributed by atoms with Gasteiger partial charge in [0.05, 0.1) is 11.9 Å². The smallest absolute Gasteiger partial charge is 0.336 e. The Labute approximate surface area is 185 Å². The molecule has 0 spiro atoms. The SMILES string of the molecule is Cc1cc(=O)oc2c3c(cc(OCC(=O)NCC(=O)c4ccccc4)c12)OC(C)(C)CC3. The van der Waals surface area contributed by atoms with Crippen molar-refractivity contribution >= 4 is 22.7 Å². The van der Waals surface area contributed by atoms with Crippen LogP contribution in [0.5, 0.6) is 11.5 Å². The van der Waals surface area contributed by atoms with Crippen LogP contribution in [0.1, 0.15) is 41.8 Å². The van der Waals surface area contributed by atoms with Gasteiger partial charge in [-0.05, 0) is 39.2 Å². The highest BCUT2D eigenvalue weighted by molar-refractivity contribution is 5.99. The molecule has 7 heteroatoms. The van der Waals surface area contributed by atoms with Gasteiger partial charge in [0.15, 0.2) is 12.4 Å². The van der Waals surface area contributed by atoms with Crippen molar-refractivity contribution < 1.29 is 23.5 Å². The minimum Gasteiger partial charge on any atom is -0.487 e. The third-order valence-corrected chi connectivity index (χ3v) is 5.50. The molecule has 0 radical (unpaired) electrons. The Balaban J connectivity index is 1.54. The molecule has 1 amide bonds. The van der Waals surface area contributed by atoms with E-state index in [2.05, 4.69) is 5.32 Å². The molecule has 0 atom stereocenters. The Morgan fingerprint density at radius 1 is 1.16 bits per heavy atom. The molecule has 3 aromatic rings. The highest BCUT2D eigenvalue weighted by Gasteiger charge is 2.30. The Morgan fingerprint density at radius 3 is 2.66 bits per heavy atom. The van der Waals surface area contributed by atoms with E-state index in [1.807, 2.05) is 19.9 Å². The lowest BCUT2D eigenvalue weighted by atomic mass is 9.92. The van der Waals surface area contributed by atoms with Gasteiger partial charge in [-0.3, -0.25) is 9.59 Å². The predicted octanol–water partition coefficient (Wildman–Crippen LogP) is 3.58. The van der Waals surface area contributed by atoms with Crippen LogP contribution in [0.3, 0.4) is 0 Å². The lowest BCUT2D eigenvalue weighted by Crippen LogP contribution is -2.34. The summed E-state index contributed by atoms with van der Waals surface area (Å²) in [4.78, 5) is 36.5. The first-order valence-corrected chi connectivity index (χ1v) is 10.5. The van der Waals surface area contributed by atoms with E-state index in [1.54, 1.807) is 37.3 Å². The average molecular weight is 435 g/mol. The fourth-order valence-corrected chi connectivity index (χ4v) is 3.83. The van der Waals surface area contributed by atoms with E-state index < -0.39 is 11.5 Å². The number of Topliss-reactive ketones (excluding diaryl/α,β-unsaturated/α-hetero) is 1. The highest BCUT2D eigenvalue weighted by atomic mass is 16.5.